The van der Waals surface area contributed by atoms with Crippen LogP contribution in [-0.2, 0) is 13.5 Å². The molecule has 0 spiro atoms. The molecule has 7 nitrogen and oxygen atoms in total. The van der Waals surface area contributed by atoms with Crippen molar-refractivity contribution in [3.05, 3.63) is 53.2 Å². The van der Waals surface area contributed by atoms with Crippen molar-refractivity contribution in [3.8, 4) is 11.3 Å². The quantitative estimate of drug-likeness (QED) is 0.677. The lowest BCUT2D eigenvalue weighted by atomic mass is 9.96. The molecular formula is C18H16F3N5O2. The lowest BCUT2D eigenvalue weighted by molar-refractivity contribution is 0.188. The van der Waals surface area contributed by atoms with E-state index in [-0.39, 0.29) is 5.69 Å². The van der Waals surface area contributed by atoms with Crippen molar-refractivity contribution < 1.29 is 22.5 Å². The summed E-state index contributed by atoms with van der Waals surface area (Å²) in [5, 5.41) is 10.6. The van der Waals surface area contributed by atoms with E-state index in [4.69, 9.17) is 4.52 Å². The Morgan fingerprint density at radius 2 is 2.00 bits per heavy atom. The number of amides is 2. The molecular weight excluding hydrogens is 375 g/mol. The third-order valence-corrected chi connectivity index (χ3v) is 4.74. The Morgan fingerprint density at radius 3 is 2.64 bits per heavy atom. The van der Waals surface area contributed by atoms with E-state index in [0.29, 0.717) is 18.7 Å². The Balaban J connectivity index is 1.60. The largest absolute Gasteiger partial charge is 0.356 e. The van der Waals surface area contributed by atoms with Crippen molar-refractivity contribution in [2.75, 3.05) is 11.9 Å². The smallest absolute Gasteiger partial charge is 0.322 e. The SMILES string of the molecule is C[C@H]1c2c(noc2-c2cnn(C)c2)CCN1C(=O)Nc1cc(F)c(F)c(F)c1. The number of hydrogen-bond acceptors (Lipinski definition) is 4. The van der Waals surface area contributed by atoms with Crippen LogP contribution in [0.3, 0.4) is 0 Å². The molecule has 0 radical (unpaired) electrons. The topological polar surface area (TPSA) is 76.2 Å². The van der Waals surface area contributed by atoms with E-state index in [9.17, 15) is 18.0 Å². The summed E-state index contributed by atoms with van der Waals surface area (Å²) in [7, 11) is 1.77. The fourth-order valence-corrected chi connectivity index (χ4v) is 3.36. The normalized spacial score (nSPS) is 16.2. The van der Waals surface area contributed by atoms with E-state index in [0.717, 1.165) is 29.0 Å². The van der Waals surface area contributed by atoms with Crippen LogP contribution in [-0.4, -0.2) is 32.4 Å². The number of fused-ring (bicyclic) bond motifs is 1. The van der Waals surface area contributed by atoms with Crippen LogP contribution in [0.1, 0.15) is 24.2 Å². The summed E-state index contributed by atoms with van der Waals surface area (Å²) in [6.07, 6.45) is 3.87. The number of carbonyl (C=O) groups is 1. The van der Waals surface area contributed by atoms with Crippen molar-refractivity contribution in [2.24, 2.45) is 7.05 Å². The van der Waals surface area contributed by atoms with Gasteiger partial charge in [0.25, 0.3) is 0 Å². The minimum absolute atomic E-state index is 0.169. The molecule has 0 saturated heterocycles. The predicted octanol–water partition coefficient (Wildman–Crippen LogP) is 3.64. The number of benzene rings is 1. The summed E-state index contributed by atoms with van der Waals surface area (Å²) in [6, 6.07) is 0.496. The predicted molar refractivity (Wildman–Crippen MR) is 92.9 cm³/mol. The highest BCUT2D eigenvalue weighted by molar-refractivity contribution is 5.90. The first-order valence-electron chi connectivity index (χ1n) is 8.54. The minimum atomic E-state index is -1.58. The number of aromatic nitrogens is 3. The average molecular weight is 391 g/mol. The van der Waals surface area contributed by atoms with E-state index < -0.39 is 29.5 Å². The first-order chi connectivity index (χ1) is 13.3. The third kappa shape index (κ3) is 3.00. The maximum absolute atomic E-state index is 13.4. The first kappa shape index (κ1) is 18.1. The number of halogens is 3. The zero-order chi connectivity index (χ0) is 20.0. The van der Waals surface area contributed by atoms with Crippen LogP contribution in [0.2, 0.25) is 0 Å². The number of nitrogens with zero attached hydrogens (tertiary/aromatic N) is 4. The first-order valence-corrected chi connectivity index (χ1v) is 8.54. The average Bonchev–Trinajstić information content (AvgIpc) is 3.26. The monoisotopic (exact) mass is 391 g/mol. The Labute approximate surface area is 157 Å². The zero-order valence-corrected chi connectivity index (χ0v) is 15.0. The lowest BCUT2D eigenvalue weighted by Gasteiger charge is -2.33. The van der Waals surface area contributed by atoms with Gasteiger partial charge in [0.1, 0.15) is 0 Å². The fourth-order valence-electron chi connectivity index (χ4n) is 3.36. The Morgan fingerprint density at radius 1 is 1.29 bits per heavy atom. The molecule has 0 fully saturated rings. The molecule has 1 N–H and O–H groups in total. The van der Waals surface area contributed by atoms with Crippen LogP contribution < -0.4 is 5.32 Å². The van der Waals surface area contributed by atoms with Gasteiger partial charge in [0, 0.05) is 49.6 Å². The van der Waals surface area contributed by atoms with Gasteiger partial charge in [-0.2, -0.15) is 5.10 Å². The molecule has 0 aliphatic carbocycles. The van der Waals surface area contributed by atoms with E-state index in [1.165, 1.54) is 4.90 Å². The van der Waals surface area contributed by atoms with Crippen molar-refractivity contribution in [1.29, 1.82) is 0 Å². The lowest BCUT2D eigenvalue weighted by Crippen LogP contribution is -2.41. The molecule has 0 saturated carbocycles. The van der Waals surface area contributed by atoms with Gasteiger partial charge < -0.3 is 14.7 Å². The van der Waals surface area contributed by atoms with Gasteiger partial charge in [-0.3, -0.25) is 4.68 Å². The number of aryl methyl sites for hydroxylation is 1. The summed E-state index contributed by atoms with van der Waals surface area (Å²) in [6.45, 7) is 2.14. The summed E-state index contributed by atoms with van der Waals surface area (Å²) >= 11 is 0. The number of nitrogens with one attached hydrogen (secondary N) is 1. The molecule has 1 aliphatic rings. The minimum Gasteiger partial charge on any atom is -0.356 e. The van der Waals surface area contributed by atoms with Gasteiger partial charge in [0.2, 0.25) is 0 Å². The second-order valence-corrected chi connectivity index (χ2v) is 6.58. The van der Waals surface area contributed by atoms with Crippen LogP contribution in [0, 0.1) is 17.5 Å². The maximum Gasteiger partial charge on any atom is 0.322 e. The summed E-state index contributed by atoms with van der Waals surface area (Å²) in [4.78, 5) is 14.2. The van der Waals surface area contributed by atoms with Crippen LogP contribution in [0.4, 0.5) is 23.7 Å². The Hall–Kier alpha value is -3.30. The number of rotatable bonds is 2. The van der Waals surface area contributed by atoms with Crippen LogP contribution >= 0.6 is 0 Å². The van der Waals surface area contributed by atoms with Crippen LogP contribution in [0.15, 0.2) is 29.0 Å². The van der Waals surface area contributed by atoms with Gasteiger partial charge in [0.05, 0.1) is 23.5 Å². The fraction of sp³-hybridized carbons (Fsp3) is 0.278. The molecule has 28 heavy (non-hydrogen) atoms. The van der Waals surface area contributed by atoms with Crippen molar-refractivity contribution in [3.63, 3.8) is 0 Å². The van der Waals surface area contributed by atoms with Crippen molar-refractivity contribution in [1.82, 2.24) is 19.8 Å². The molecule has 1 aliphatic heterocycles. The second-order valence-electron chi connectivity index (χ2n) is 6.58. The van der Waals surface area contributed by atoms with Crippen molar-refractivity contribution in [2.45, 2.75) is 19.4 Å². The second kappa shape index (κ2) is 6.70. The molecule has 3 heterocycles. The molecule has 0 unspecified atom stereocenters. The van der Waals surface area contributed by atoms with Gasteiger partial charge >= 0.3 is 6.03 Å². The van der Waals surface area contributed by atoms with E-state index in [1.807, 2.05) is 0 Å². The molecule has 146 valence electrons. The summed E-state index contributed by atoms with van der Waals surface area (Å²) < 4.78 is 47.0. The van der Waals surface area contributed by atoms with E-state index in [2.05, 4.69) is 15.6 Å². The summed E-state index contributed by atoms with van der Waals surface area (Å²) in [5.74, 6) is -3.81. The molecule has 3 aromatic rings. The third-order valence-electron chi connectivity index (χ3n) is 4.74. The summed E-state index contributed by atoms with van der Waals surface area (Å²) in [5.41, 5.74) is 2.06. The molecule has 2 amide bonds. The molecule has 1 aromatic carbocycles. The number of anilines is 1. The van der Waals surface area contributed by atoms with E-state index >= 15 is 0 Å². The zero-order valence-electron chi connectivity index (χ0n) is 15.0. The molecule has 4 rings (SSSR count). The number of carbonyl (C=O) groups excluding carboxylic acids is 1. The van der Waals surface area contributed by atoms with Gasteiger partial charge in [-0.1, -0.05) is 5.16 Å². The molecule has 2 aromatic heterocycles. The molecule has 10 heteroatoms. The van der Waals surface area contributed by atoms with Gasteiger partial charge in [-0.25, -0.2) is 18.0 Å². The standard InChI is InChI=1S/C18H16F3N5O2/c1-9-15-14(24-28-17(15)10-7-22-25(2)8-10)3-4-26(9)18(27)23-11-5-12(19)16(21)13(20)6-11/h5-9H,3-4H2,1-2H3,(H,23,27)/t9-/m0/s1. The van der Waals surface area contributed by atoms with Crippen molar-refractivity contribution >= 4 is 11.7 Å². The number of urea groups is 1. The van der Waals surface area contributed by atoms with E-state index in [1.54, 1.807) is 31.0 Å². The highest BCUT2D eigenvalue weighted by atomic mass is 19.2. The Kier molecular flexibility index (Phi) is 4.33. The highest BCUT2D eigenvalue weighted by Gasteiger charge is 2.34. The molecule has 1 atom stereocenters. The highest BCUT2D eigenvalue weighted by Crippen LogP contribution is 2.37. The maximum atomic E-state index is 13.4. The van der Waals surface area contributed by atoms with Gasteiger partial charge in [0.15, 0.2) is 23.2 Å². The van der Waals surface area contributed by atoms with Gasteiger partial charge in [-0.15, -0.1) is 0 Å². The van der Waals surface area contributed by atoms with Crippen LogP contribution in [0.25, 0.3) is 11.3 Å². The van der Waals surface area contributed by atoms with Gasteiger partial charge in [-0.05, 0) is 6.92 Å². The van der Waals surface area contributed by atoms with Crippen LogP contribution in [0.5, 0.6) is 0 Å². The number of hydrogen-bond donors (Lipinski definition) is 1. The molecule has 0 bridgehead atoms. The Bertz CT molecular complexity index is 1040.